The quantitative estimate of drug-likeness (QED) is 0.753. The maximum Gasteiger partial charge on any atom is 0.320 e. The third kappa shape index (κ3) is 2.50. The van der Waals surface area contributed by atoms with Gasteiger partial charge >= 0.3 is 5.97 Å². The molecule has 0 amide bonds. The number of aliphatic carboxylic acids is 1. The topological polar surface area (TPSA) is 76.2 Å². The van der Waals surface area contributed by atoms with Crippen molar-refractivity contribution in [2.75, 3.05) is 0 Å². The van der Waals surface area contributed by atoms with Crippen molar-refractivity contribution in [1.29, 1.82) is 0 Å². The molecule has 1 aromatic rings. The Morgan fingerprint density at radius 2 is 2.31 bits per heavy atom. The lowest BCUT2D eigenvalue weighted by molar-refractivity contribution is -0.138. The van der Waals surface area contributed by atoms with Crippen LogP contribution in [0.2, 0.25) is 0 Å². The molecule has 0 bridgehead atoms. The average molecular weight is 200 g/mol. The average Bonchev–Trinajstić information content (AvgIpc) is 2.31. The first-order valence-corrected chi connectivity index (χ1v) is 4.73. The SMILES string of the molecule is Cc1nc(C[C@@H](N)C(=O)O)sc1C. The zero-order valence-electron chi connectivity index (χ0n) is 7.57. The Bertz CT molecular complexity index is 302. The van der Waals surface area contributed by atoms with Crippen molar-refractivity contribution in [3.63, 3.8) is 0 Å². The van der Waals surface area contributed by atoms with E-state index < -0.39 is 12.0 Å². The molecule has 0 radical (unpaired) electrons. The molecule has 0 saturated carbocycles. The fourth-order valence-corrected chi connectivity index (χ4v) is 1.89. The molecule has 72 valence electrons. The van der Waals surface area contributed by atoms with Gasteiger partial charge in [-0.15, -0.1) is 11.3 Å². The maximum atomic E-state index is 10.4. The minimum Gasteiger partial charge on any atom is -0.480 e. The Kier molecular flexibility index (Phi) is 3.00. The van der Waals surface area contributed by atoms with Gasteiger partial charge in [-0.1, -0.05) is 0 Å². The van der Waals surface area contributed by atoms with Crippen molar-refractivity contribution in [1.82, 2.24) is 4.98 Å². The Morgan fingerprint density at radius 3 is 2.69 bits per heavy atom. The molecule has 0 unspecified atom stereocenters. The van der Waals surface area contributed by atoms with Crippen LogP contribution in [0, 0.1) is 13.8 Å². The number of thiazole rings is 1. The molecule has 4 nitrogen and oxygen atoms in total. The molecule has 0 saturated heterocycles. The molecule has 1 aromatic heterocycles. The molecule has 0 fully saturated rings. The Hall–Kier alpha value is -0.940. The van der Waals surface area contributed by atoms with E-state index in [1.165, 1.54) is 11.3 Å². The minimum atomic E-state index is -0.981. The van der Waals surface area contributed by atoms with Crippen LogP contribution < -0.4 is 5.73 Å². The van der Waals surface area contributed by atoms with E-state index in [2.05, 4.69) is 4.98 Å². The van der Waals surface area contributed by atoms with E-state index >= 15 is 0 Å². The first kappa shape index (κ1) is 10.1. The lowest BCUT2D eigenvalue weighted by Gasteiger charge is -2.01. The van der Waals surface area contributed by atoms with E-state index in [0.29, 0.717) is 6.42 Å². The summed E-state index contributed by atoms with van der Waals surface area (Å²) in [6, 6.07) is -0.843. The fourth-order valence-electron chi connectivity index (χ4n) is 0.902. The number of aryl methyl sites for hydroxylation is 2. The van der Waals surface area contributed by atoms with Gasteiger partial charge < -0.3 is 10.8 Å². The van der Waals surface area contributed by atoms with Crippen LogP contribution in [0.15, 0.2) is 0 Å². The first-order valence-electron chi connectivity index (χ1n) is 3.92. The second-order valence-corrected chi connectivity index (χ2v) is 4.19. The van der Waals surface area contributed by atoms with Gasteiger partial charge in [-0.3, -0.25) is 4.79 Å². The standard InChI is InChI=1S/C8H12N2O2S/c1-4-5(2)13-7(10-4)3-6(9)8(11)12/h6H,3,9H2,1-2H3,(H,11,12)/t6-/m1/s1. The van der Waals surface area contributed by atoms with Gasteiger partial charge in [0.05, 0.1) is 10.7 Å². The second kappa shape index (κ2) is 3.85. The molecule has 5 heteroatoms. The highest BCUT2D eigenvalue weighted by Crippen LogP contribution is 2.17. The van der Waals surface area contributed by atoms with Crippen LogP contribution in [0.3, 0.4) is 0 Å². The molecule has 0 aliphatic heterocycles. The molecule has 1 heterocycles. The highest BCUT2D eigenvalue weighted by molar-refractivity contribution is 7.11. The summed E-state index contributed by atoms with van der Waals surface area (Å²) in [6.07, 6.45) is 0.314. The van der Waals surface area contributed by atoms with Crippen LogP contribution in [-0.2, 0) is 11.2 Å². The van der Waals surface area contributed by atoms with Crippen molar-refractivity contribution in [2.24, 2.45) is 5.73 Å². The summed E-state index contributed by atoms with van der Waals surface area (Å²) in [5, 5.41) is 9.37. The Balaban J connectivity index is 2.69. The zero-order chi connectivity index (χ0) is 10.0. The van der Waals surface area contributed by atoms with Gasteiger partial charge in [0, 0.05) is 11.3 Å². The molecule has 0 aliphatic carbocycles. The van der Waals surface area contributed by atoms with Gasteiger partial charge in [0.2, 0.25) is 0 Å². The number of aromatic nitrogens is 1. The van der Waals surface area contributed by atoms with Crippen molar-refractivity contribution < 1.29 is 9.90 Å². The van der Waals surface area contributed by atoms with Gasteiger partial charge in [-0.05, 0) is 13.8 Å². The van der Waals surface area contributed by atoms with Crippen molar-refractivity contribution in [2.45, 2.75) is 26.3 Å². The minimum absolute atomic E-state index is 0.314. The van der Waals surface area contributed by atoms with E-state index in [4.69, 9.17) is 10.8 Å². The summed E-state index contributed by atoms with van der Waals surface area (Å²) in [4.78, 5) is 15.8. The van der Waals surface area contributed by atoms with Crippen molar-refractivity contribution >= 4 is 17.3 Å². The van der Waals surface area contributed by atoms with Crippen LogP contribution >= 0.6 is 11.3 Å². The number of hydrogen-bond donors (Lipinski definition) is 2. The van der Waals surface area contributed by atoms with E-state index in [1.807, 2.05) is 13.8 Å². The Morgan fingerprint density at radius 1 is 1.69 bits per heavy atom. The van der Waals surface area contributed by atoms with Crippen LogP contribution in [0.4, 0.5) is 0 Å². The number of carbonyl (C=O) groups is 1. The van der Waals surface area contributed by atoms with Crippen LogP contribution in [0.5, 0.6) is 0 Å². The molecule has 0 aromatic carbocycles. The normalized spacial score (nSPS) is 12.8. The highest BCUT2D eigenvalue weighted by Gasteiger charge is 2.14. The second-order valence-electron chi connectivity index (χ2n) is 2.90. The third-order valence-electron chi connectivity index (χ3n) is 1.78. The monoisotopic (exact) mass is 200 g/mol. The maximum absolute atomic E-state index is 10.4. The summed E-state index contributed by atoms with van der Waals surface area (Å²) in [6.45, 7) is 3.87. The fraction of sp³-hybridized carbons (Fsp3) is 0.500. The molecule has 13 heavy (non-hydrogen) atoms. The van der Waals surface area contributed by atoms with Crippen LogP contribution in [-0.4, -0.2) is 22.1 Å². The summed E-state index contributed by atoms with van der Waals surface area (Å²) in [7, 11) is 0. The van der Waals surface area contributed by atoms with Crippen LogP contribution in [0.25, 0.3) is 0 Å². The van der Waals surface area contributed by atoms with Gasteiger partial charge in [-0.2, -0.15) is 0 Å². The molecule has 0 spiro atoms. The third-order valence-corrected chi connectivity index (χ3v) is 2.88. The van der Waals surface area contributed by atoms with Gasteiger partial charge in [0.15, 0.2) is 0 Å². The predicted molar refractivity (Wildman–Crippen MR) is 50.9 cm³/mol. The molecular weight excluding hydrogens is 188 g/mol. The summed E-state index contributed by atoms with van der Waals surface area (Å²) < 4.78 is 0. The summed E-state index contributed by atoms with van der Waals surface area (Å²) in [5.41, 5.74) is 6.33. The van der Waals surface area contributed by atoms with Crippen molar-refractivity contribution in [3.05, 3.63) is 15.6 Å². The van der Waals surface area contributed by atoms with Crippen molar-refractivity contribution in [3.8, 4) is 0 Å². The lowest BCUT2D eigenvalue weighted by atomic mass is 10.2. The number of nitrogens with zero attached hydrogens (tertiary/aromatic N) is 1. The Labute approximate surface area is 80.4 Å². The summed E-state index contributed by atoms with van der Waals surface area (Å²) >= 11 is 1.51. The smallest absolute Gasteiger partial charge is 0.320 e. The number of carboxylic acid groups (broad SMARTS) is 1. The number of carboxylic acids is 1. The van der Waals surface area contributed by atoms with Gasteiger partial charge in [0.25, 0.3) is 0 Å². The predicted octanol–water partition coefficient (Wildman–Crippen LogP) is 0.714. The number of rotatable bonds is 3. The van der Waals surface area contributed by atoms with E-state index in [0.717, 1.165) is 15.6 Å². The summed E-state index contributed by atoms with van der Waals surface area (Å²) in [5.74, 6) is -0.981. The van der Waals surface area contributed by atoms with E-state index in [-0.39, 0.29) is 0 Å². The lowest BCUT2D eigenvalue weighted by Crippen LogP contribution is -2.32. The zero-order valence-corrected chi connectivity index (χ0v) is 8.39. The van der Waals surface area contributed by atoms with E-state index in [9.17, 15) is 4.79 Å². The number of nitrogens with two attached hydrogens (primary N) is 1. The first-order chi connectivity index (χ1) is 6.00. The van der Waals surface area contributed by atoms with E-state index in [1.54, 1.807) is 0 Å². The number of hydrogen-bond acceptors (Lipinski definition) is 4. The molecular formula is C8H12N2O2S. The van der Waals surface area contributed by atoms with Gasteiger partial charge in [-0.25, -0.2) is 4.98 Å². The molecule has 1 rings (SSSR count). The van der Waals surface area contributed by atoms with Gasteiger partial charge in [0.1, 0.15) is 6.04 Å². The molecule has 0 aliphatic rings. The molecule has 3 N–H and O–H groups in total. The highest BCUT2D eigenvalue weighted by atomic mass is 32.1. The largest absolute Gasteiger partial charge is 0.480 e. The molecule has 1 atom stereocenters. The van der Waals surface area contributed by atoms with Crippen LogP contribution in [0.1, 0.15) is 15.6 Å².